The fourth-order valence-electron chi connectivity index (χ4n) is 3.01. The Bertz CT molecular complexity index is 795. The second-order valence-corrected chi connectivity index (χ2v) is 8.26. The van der Waals surface area contributed by atoms with Gasteiger partial charge in [-0.05, 0) is 39.1 Å². The van der Waals surface area contributed by atoms with Crippen molar-refractivity contribution < 1.29 is 10.2 Å². The topological polar surface area (TPSA) is 71.3 Å². The molecule has 1 fully saturated rings. The number of piperazine rings is 1. The van der Waals surface area contributed by atoms with Crippen molar-refractivity contribution in [1.29, 1.82) is 0 Å². The molecule has 1 saturated heterocycles. The first-order valence-corrected chi connectivity index (χ1v) is 10.1. The number of anilines is 2. The molecule has 0 radical (unpaired) electrons. The van der Waals surface area contributed by atoms with Crippen LogP contribution >= 0.6 is 11.3 Å². The first kappa shape index (κ1) is 19.8. The molecule has 27 heavy (non-hydrogen) atoms. The van der Waals surface area contributed by atoms with Gasteiger partial charge in [0.1, 0.15) is 10.8 Å². The lowest BCUT2D eigenvalue weighted by Crippen LogP contribution is -2.47. The van der Waals surface area contributed by atoms with Crippen LogP contribution < -0.4 is 5.32 Å². The Morgan fingerprint density at radius 3 is 2.56 bits per heavy atom. The Morgan fingerprint density at radius 2 is 1.89 bits per heavy atom. The zero-order valence-corrected chi connectivity index (χ0v) is 17.0. The Balaban J connectivity index is 0.000000376. The number of amidine groups is 1. The van der Waals surface area contributed by atoms with Crippen LogP contribution in [0.2, 0.25) is 0 Å². The van der Waals surface area contributed by atoms with Crippen LogP contribution in [0.3, 0.4) is 0 Å². The maximum absolute atomic E-state index is 8.11. The minimum absolute atomic E-state index is 0.139. The zero-order chi connectivity index (χ0) is 19.4. The van der Waals surface area contributed by atoms with E-state index in [1.165, 1.54) is 22.4 Å². The summed E-state index contributed by atoms with van der Waals surface area (Å²) in [5.41, 5.74) is 3.36. The van der Waals surface area contributed by atoms with Gasteiger partial charge in [-0.1, -0.05) is 12.1 Å². The third-order valence-corrected chi connectivity index (χ3v) is 5.51. The molecule has 7 heteroatoms. The Morgan fingerprint density at radius 1 is 1.22 bits per heavy atom. The van der Waals surface area contributed by atoms with E-state index in [1.54, 1.807) is 11.3 Å². The SMILES string of the molecule is CC(O)CO.Cc1cc2c(s1)Nc1ccccc1N=C2N1CCN(C)CC1. The average Bonchev–Trinajstić information content (AvgIpc) is 2.95. The van der Waals surface area contributed by atoms with Crippen molar-refractivity contribution in [2.45, 2.75) is 20.0 Å². The molecular weight excluding hydrogens is 360 g/mol. The number of aliphatic hydroxyl groups is 2. The van der Waals surface area contributed by atoms with E-state index >= 15 is 0 Å². The summed E-state index contributed by atoms with van der Waals surface area (Å²) in [5, 5.41) is 20.8. The molecule has 4 rings (SSSR count). The predicted molar refractivity (Wildman–Crippen MR) is 113 cm³/mol. The molecule has 6 nitrogen and oxygen atoms in total. The molecule has 2 aromatic rings. The number of rotatable bonds is 1. The molecule has 1 unspecified atom stereocenters. The van der Waals surface area contributed by atoms with Gasteiger partial charge in [-0.25, -0.2) is 4.99 Å². The highest BCUT2D eigenvalue weighted by Gasteiger charge is 2.25. The third-order valence-electron chi connectivity index (χ3n) is 4.54. The first-order valence-electron chi connectivity index (χ1n) is 9.26. The number of aliphatic imine (C=N–C) groups is 1. The van der Waals surface area contributed by atoms with E-state index in [4.69, 9.17) is 15.2 Å². The van der Waals surface area contributed by atoms with Crippen LogP contribution in [-0.2, 0) is 0 Å². The quantitative estimate of drug-likeness (QED) is 0.701. The molecule has 1 aromatic carbocycles. The van der Waals surface area contributed by atoms with Gasteiger partial charge in [0.25, 0.3) is 0 Å². The molecule has 2 aliphatic heterocycles. The van der Waals surface area contributed by atoms with E-state index in [0.29, 0.717) is 0 Å². The van der Waals surface area contributed by atoms with Crippen LogP contribution in [0.4, 0.5) is 16.4 Å². The average molecular weight is 389 g/mol. The standard InChI is InChI=1S/C17H20N4S.C3H8O2/c1-12-11-13-16(21-9-7-20(2)8-10-21)18-14-5-3-4-6-15(14)19-17(13)22-12;1-3(5)2-4/h3-6,11,19H,7-10H2,1-2H3;3-5H,2H2,1H3. The molecule has 1 aromatic heterocycles. The summed E-state index contributed by atoms with van der Waals surface area (Å²) in [5.74, 6) is 1.12. The van der Waals surface area contributed by atoms with Crippen LogP contribution in [0.15, 0.2) is 35.3 Å². The van der Waals surface area contributed by atoms with Gasteiger partial charge >= 0.3 is 0 Å². The summed E-state index contributed by atoms with van der Waals surface area (Å²) in [6.45, 7) is 7.80. The summed E-state index contributed by atoms with van der Waals surface area (Å²) >= 11 is 1.81. The van der Waals surface area contributed by atoms with Gasteiger partial charge in [-0.3, -0.25) is 0 Å². The van der Waals surface area contributed by atoms with E-state index in [-0.39, 0.29) is 6.61 Å². The van der Waals surface area contributed by atoms with Crippen molar-refractivity contribution in [3.8, 4) is 0 Å². The lowest BCUT2D eigenvalue weighted by atomic mass is 10.2. The highest BCUT2D eigenvalue weighted by atomic mass is 32.1. The van der Waals surface area contributed by atoms with Crippen molar-refractivity contribution in [3.05, 3.63) is 40.8 Å². The van der Waals surface area contributed by atoms with E-state index in [9.17, 15) is 0 Å². The number of aliphatic hydroxyl groups excluding tert-OH is 2. The fourth-order valence-corrected chi connectivity index (χ4v) is 3.93. The lowest BCUT2D eigenvalue weighted by molar-refractivity contribution is 0.110. The minimum Gasteiger partial charge on any atom is -0.394 e. The Hall–Kier alpha value is -1.93. The van der Waals surface area contributed by atoms with Crippen LogP contribution in [0.5, 0.6) is 0 Å². The summed E-state index contributed by atoms with van der Waals surface area (Å²) in [4.78, 5) is 11.1. The molecule has 3 N–H and O–H groups in total. The van der Waals surface area contributed by atoms with Crippen LogP contribution in [-0.4, -0.2) is 71.8 Å². The van der Waals surface area contributed by atoms with E-state index in [0.717, 1.165) is 43.4 Å². The van der Waals surface area contributed by atoms with Crippen molar-refractivity contribution in [2.24, 2.45) is 4.99 Å². The number of hydrogen-bond acceptors (Lipinski definition) is 7. The summed E-state index contributed by atoms with van der Waals surface area (Å²) in [6, 6.07) is 10.6. The fraction of sp³-hybridized carbons (Fsp3) is 0.450. The van der Waals surface area contributed by atoms with Gasteiger partial charge in [0.05, 0.1) is 29.6 Å². The maximum Gasteiger partial charge on any atom is 0.139 e. The number of thiophene rings is 1. The number of aryl methyl sites for hydroxylation is 1. The molecule has 2 aliphatic rings. The van der Waals surface area contributed by atoms with Gasteiger partial charge in [-0.2, -0.15) is 0 Å². The Kier molecular flexibility index (Phi) is 6.49. The molecule has 146 valence electrons. The van der Waals surface area contributed by atoms with E-state index < -0.39 is 6.10 Å². The lowest BCUT2D eigenvalue weighted by Gasteiger charge is -2.34. The van der Waals surface area contributed by atoms with Crippen LogP contribution in [0.1, 0.15) is 17.4 Å². The highest BCUT2D eigenvalue weighted by molar-refractivity contribution is 7.16. The molecular formula is C20H28N4O2S. The second kappa shape index (κ2) is 8.84. The van der Waals surface area contributed by atoms with Crippen molar-refractivity contribution in [2.75, 3.05) is 45.2 Å². The number of fused-ring (bicyclic) bond motifs is 2. The monoisotopic (exact) mass is 388 g/mol. The number of nitrogens with zero attached hydrogens (tertiary/aromatic N) is 3. The second-order valence-electron chi connectivity index (χ2n) is 7.00. The molecule has 0 spiro atoms. The van der Waals surface area contributed by atoms with E-state index in [1.807, 2.05) is 0 Å². The highest BCUT2D eigenvalue weighted by Crippen LogP contribution is 2.39. The molecule has 0 bridgehead atoms. The molecule has 0 aliphatic carbocycles. The molecule has 1 atom stereocenters. The normalized spacial score (nSPS) is 17.5. The summed E-state index contributed by atoms with van der Waals surface area (Å²) in [6.07, 6.45) is -0.560. The van der Waals surface area contributed by atoms with Crippen molar-refractivity contribution in [1.82, 2.24) is 9.80 Å². The predicted octanol–water partition coefficient (Wildman–Crippen LogP) is 2.80. The Labute approximate surface area is 164 Å². The number of likely N-dealkylation sites (N-methyl/N-ethyl adjacent to an activating group) is 1. The number of benzene rings is 1. The molecule has 0 amide bonds. The van der Waals surface area contributed by atoms with Crippen molar-refractivity contribution in [3.63, 3.8) is 0 Å². The third kappa shape index (κ3) is 4.87. The van der Waals surface area contributed by atoms with Gasteiger partial charge in [-0.15, -0.1) is 11.3 Å². The largest absolute Gasteiger partial charge is 0.394 e. The number of hydrogen-bond donors (Lipinski definition) is 3. The minimum atomic E-state index is -0.560. The summed E-state index contributed by atoms with van der Waals surface area (Å²) in [7, 11) is 2.18. The zero-order valence-electron chi connectivity index (χ0n) is 16.1. The summed E-state index contributed by atoms with van der Waals surface area (Å²) < 4.78 is 0. The number of nitrogens with one attached hydrogen (secondary N) is 1. The van der Waals surface area contributed by atoms with Crippen LogP contribution in [0.25, 0.3) is 0 Å². The first-order chi connectivity index (χ1) is 13.0. The molecule has 0 saturated carbocycles. The molecule has 3 heterocycles. The number of para-hydroxylation sites is 2. The van der Waals surface area contributed by atoms with E-state index in [2.05, 4.69) is 59.4 Å². The van der Waals surface area contributed by atoms with Gasteiger partial charge in [0.2, 0.25) is 0 Å². The van der Waals surface area contributed by atoms with Crippen LogP contribution in [0, 0.1) is 6.92 Å². The van der Waals surface area contributed by atoms with Gasteiger partial charge in [0, 0.05) is 31.1 Å². The van der Waals surface area contributed by atoms with Gasteiger partial charge in [0.15, 0.2) is 0 Å². The van der Waals surface area contributed by atoms with Gasteiger partial charge < -0.3 is 25.3 Å². The van der Waals surface area contributed by atoms with Crippen molar-refractivity contribution >= 4 is 33.5 Å². The smallest absolute Gasteiger partial charge is 0.139 e. The maximum atomic E-state index is 8.11.